The minimum Gasteiger partial charge on any atom is -0.399 e. The van der Waals surface area contributed by atoms with Gasteiger partial charge in [0, 0.05) is 12.2 Å². The van der Waals surface area contributed by atoms with Crippen LogP contribution in [0.1, 0.15) is 22.8 Å². The topological polar surface area (TPSA) is 67.2 Å². The van der Waals surface area contributed by atoms with Crippen molar-refractivity contribution in [2.75, 3.05) is 17.6 Å². The Morgan fingerprint density at radius 3 is 2.62 bits per heavy atom. The van der Waals surface area contributed by atoms with Gasteiger partial charge < -0.3 is 16.4 Å². The summed E-state index contributed by atoms with van der Waals surface area (Å²) in [6.07, 6.45) is 0. The molecule has 21 heavy (non-hydrogen) atoms. The average molecular weight is 287 g/mol. The summed E-state index contributed by atoms with van der Waals surface area (Å²) in [5, 5.41) is 5.65. The first-order valence-corrected chi connectivity index (χ1v) is 6.72. The smallest absolute Gasteiger partial charge is 0.253 e. The lowest BCUT2D eigenvalue weighted by Crippen LogP contribution is -2.23. The van der Waals surface area contributed by atoms with Crippen molar-refractivity contribution in [2.45, 2.75) is 13.8 Å². The van der Waals surface area contributed by atoms with Gasteiger partial charge in [-0.2, -0.15) is 0 Å². The Hall–Kier alpha value is -2.56. The molecule has 0 bridgehead atoms. The molecule has 1 amide bonds. The van der Waals surface area contributed by atoms with Gasteiger partial charge in [0.1, 0.15) is 5.82 Å². The van der Waals surface area contributed by atoms with Gasteiger partial charge in [-0.15, -0.1) is 0 Å². The first kappa shape index (κ1) is 14.8. The molecule has 0 atom stereocenters. The molecule has 2 rings (SSSR count). The van der Waals surface area contributed by atoms with Crippen molar-refractivity contribution in [3.05, 3.63) is 53.3 Å². The Morgan fingerprint density at radius 2 is 1.95 bits per heavy atom. The molecule has 5 heteroatoms. The second-order valence-electron chi connectivity index (χ2n) is 4.77. The number of rotatable bonds is 4. The van der Waals surface area contributed by atoms with Crippen molar-refractivity contribution in [3.8, 4) is 0 Å². The summed E-state index contributed by atoms with van der Waals surface area (Å²) in [7, 11) is 0. The van der Waals surface area contributed by atoms with Gasteiger partial charge in [-0.3, -0.25) is 4.79 Å². The van der Waals surface area contributed by atoms with Crippen LogP contribution < -0.4 is 16.4 Å². The summed E-state index contributed by atoms with van der Waals surface area (Å²) >= 11 is 0. The third-order valence-corrected chi connectivity index (χ3v) is 3.02. The molecule has 0 radical (unpaired) electrons. The van der Waals surface area contributed by atoms with Crippen LogP contribution >= 0.6 is 0 Å². The van der Waals surface area contributed by atoms with Gasteiger partial charge in [-0.25, -0.2) is 4.39 Å². The van der Waals surface area contributed by atoms with Crippen LogP contribution in [0.15, 0.2) is 36.4 Å². The summed E-state index contributed by atoms with van der Waals surface area (Å²) in [6, 6.07) is 9.74. The van der Waals surface area contributed by atoms with E-state index in [1.54, 1.807) is 30.3 Å². The Labute approximate surface area is 123 Å². The maximum absolute atomic E-state index is 13.9. The van der Waals surface area contributed by atoms with Crippen molar-refractivity contribution in [2.24, 2.45) is 0 Å². The van der Waals surface area contributed by atoms with Crippen molar-refractivity contribution in [3.63, 3.8) is 0 Å². The van der Waals surface area contributed by atoms with Crippen LogP contribution in [-0.2, 0) is 0 Å². The van der Waals surface area contributed by atoms with Crippen LogP contribution in [0.4, 0.5) is 21.5 Å². The number of carbonyl (C=O) groups is 1. The number of nitrogen functional groups attached to an aromatic ring is 1. The van der Waals surface area contributed by atoms with Gasteiger partial charge in [-0.05, 0) is 49.7 Å². The van der Waals surface area contributed by atoms with E-state index in [-0.39, 0.29) is 11.7 Å². The molecular weight excluding hydrogens is 269 g/mol. The number of aryl methyl sites for hydroxylation is 1. The molecular formula is C16H18FN3O. The molecule has 0 saturated carbocycles. The van der Waals surface area contributed by atoms with Gasteiger partial charge in [0.2, 0.25) is 0 Å². The zero-order valence-electron chi connectivity index (χ0n) is 12.0. The lowest BCUT2D eigenvalue weighted by Gasteiger charge is -2.13. The van der Waals surface area contributed by atoms with Gasteiger partial charge in [0.25, 0.3) is 5.91 Å². The summed E-state index contributed by atoms with van der Waals surface area (Å²) in [6.45, 7) is 4.16. The normalized spacial score (nSPS) is 10.2. The molecule has 0 aliphatic heterocycles. The maximum atomic E-state index is 13.9. The van der Waals surface area contributed by atoms with E-state index in [2.05, 4.69) is 10.6 Å². The standard InChI is InChI=1S/C16H18FN3O/c1-3-19-16(21)12-6-5-11(18)9-15(12)20-14-7-4-10(2)8-13(14)17/h4-9,20H,3,18H2,1-2H3,(H,19,21). The lowest BCUT2D eigenvalue weighted by molar-refractivity contribution is 0.0956. The molecule has 0 heterocycles. The molecule has 110 valence electrons. The average Bonchev–Trinajstić information content (AvgIpc) is 2.42. The zero-order valence-corrected chi connectivity index (χ0v) is 12.0. The van der Waals surface area contributed by atoms with E-state index < -0.39 is 0 Å². The number of nitrogens with one attached hydrogen (secondary N) is 2. The third-order valence-electron chi connectivity index (χ3n) is 3.02. The van der Waals surface area contributed by atoms with Crippen LogP contribution in [0.2, 0.25) is 0 Å². The molecule has 0 aliphatic carbocycles. The Bertz CT molecular complexity index is 671. The Balaban J connectivity index is 2.38. The highest BCUT2D eigenvalue weighted by Crippen LogP contribution is 2.25. The van der Waals surface area contributed by atoms with E-state index in [1.807, 2.05) is 13.8 Å². The predicted octanol–water partition coefficient (Wildman–Crippen LogP) is 3.21. The molecule has 2 aromatic rings. The molecule has 0 spiro atoms. The fourth-order valence-corrected chi connectivity index (χ4v) is 1.99. The van der Waals surface area contributed by atoms with Crippen molar-refractivity contribution < 1.29 is 9.18 Å². The number of amides is 1. The quantitative estimate of drug-likeness (QED) is 0.756. The van der Waals surface area contributed by atoms with Gasteiger partial charge >= 0.3 is 0 Å². The Kier molecular flexibility index (Phi) is 4.42. The number of benzene rings is 2. The van der Waals surface area contributed by atoms with E-state index >= 15 is 0 Å². The molecule has 4 nitrogen and oxygen atoms in total. The van der Waals surface area contributed by atoms with E-state index in [0.29, 0.717) is 29.2 Å². The first-order chi connectivity index (χ1) is 10.0. The predicted molar refractivity (Wildman–Crippen MR) is 83.3 cm³/mol. The van der Waals surface area contributed by atoms with Crippen LogP contribution in [0.25, 0.3) is 0 Å². The third kappa shape index (κ3) is 3.51. The highest BCUT2D eigenvalue weighted by molar-refractivity contribution is 6.00. The van der Waals surface area contributed by atoms with E-state index in [1.165, 1.54) is 6.07 Å². The number of hydrogen-bond donors (Lipinski definition) is 3. The van der Waals surface area contributed by atoms with E-state index in [0.717, 1.165) is 5.56 Å². The highest BCUT2D eigenvalue weighted by atomic mass is 19.1. The van der Waals surface area contributed by atoms with E-state index in [9.17, 15) is 9.18 Å². The van der Waals surface area contributed by atoms with Gasteiger partial charge in [-0.1, -0.05) is 6.07 Å². The van der Waals surface area contributed by atoms with Crippen LogP contribution in [0, 0.1) is 12.7 Å². The minimum atomic E-state index is -0.376. The summed E-state index contributed by atoms with van der Waals surface area (Å²) in [5.74, 6) is -0.605. The van der Waals surface area contributed by atoms with Gasteiger partial charge in [0.05, 0.1) is 16.9 Å². The number of anilines is 3. The van der Waals surface area contributed by atoms with Crippen LogP contribution in [-0.4, -0.2) is 12.5 Å². The maximum Gasteiger partial charge on any atom is 0.253 e. The number of carbonyl (C=O) groups excluding carboxylic acids is 1. The Morgan fingerprint density at radius 1 is 1.19 bits per heavy atom. The minimum absolute atomic E-state index is 0.229. The molecule has 0 unspecified atom stereocenters. The largest absolute Gasteiger partial charge is 0.399 e. The summed E-state index contributed by atoms with van der Waals surface area (Å²) in [4.78, 5) is 12.0. The summed E-state index contributed by atoms with van der Waals surface area (Å²) in [5.41, 5.74) is 8.28. The van der Waals surface area contributed by atoms with Crippen molar-refractivity contribution >= 4 is 23.0 Å². The van der Waals surface area contributed by atoms with Crippen molar-refractivity contribution in [1.82, 2.24) is 5.32 Å². The lowest BCUT2D eigenvalue weighted by atomic mass is 10.1. The summed E-state index contributed by atoms with van der Waals surface area (Å²) < 4.78 is 13.9. The van der Waals surface area contributed by atoms with E-state index in [4.69, 9.17) is 5.73 Å². The fourth-order valence-electron chi connectivity index (χ4n) is 1.99. The molecule has 0 aromatic heterocycles. The molecule has 0 aliphatic rings. The molecule has 4 N–H and O–H groups in total. The number of nitrogens with two attached hydrogens (primary N) is 1. The SMILES string of the molecule is CCNC(=O)c1ccc(N)cc1Nc1ccc(C)cc1F. The molecule has 0 saturated heterocycles. The zero-order chi connectivity index (χ0) is 15.4. The molecule has 2 aromatic carbocycles. The van der Waals surface area contributed by atoms with Gasteiger partial charge in [0.15, 0.2) is 0 Å². The number of halogens is 1. The molecule has 0 fully saturated rings. The second-order valence-corrected chi connectivity index (χ2v) is 4.77. The highest BCUT2D eigenvalue weighted by Gasteiger charge is 2.12. The fraction of sp³-hybridized carbons (Fsp3) is 0.188. The second kappa shape index (κ2) is 6.26. The first-order valence-electron chi connectivity index (χ1n) is 6.72. The monoisotopic (exact) mass is 287 g/mol. The van der Waals surface area contributed by atoms with Crippen LogP contribution in [0.5, 0.6) is 0 Å². The number of hydrogen-bond acceptors (Lipinski definition) is 3. The van der Waals surface area contributed by atoms with Crippen LogP contribution in [0.3, 0.4) is 0 Å². The van der Waals surface area contributed by atoms with Crippen molar-refractivity contribution in [1.29, 1.82) is 0 Å².